The average Bonchev–Trinajstić information content (AvgIpc) is 3.22. The molecule has 2 aromatic rings. The molecule has 2 fully saturated rings. The Kier molecular flexibility index (Phi) is 12.6. The van der Waals surface area contributed by atoms with Crippen LogP contribution in [0, 0.1) is 11.8 Å². The highest BCUT2D eigenvalue weighted by molar-refractivity contribution is 7.84. The Balaban J connectivity index is 1.39. The first-order valence-corrected chi connectivity index (χ1v) is 18.7. The van der Waals surface area contributed by atoms with Crippen LogP contribution in [0.25, 0.3) is 0 Å². The number of anilines is 1. The summed E-state index contributed by atoms with van der Waals surface area (Å²) in [6, 6.07) is 11.9. The second-order valence-electron chi connectivity index (χ2n) is 12.9. The number of carbonyl (C=O) groups is 1. The van der Waals surface area contributed by atoms with Crippen molar-refractivity contribution in [1.82, 2.24) is 4.72 Å². The monoisotopic (exact) mass is 658 g/mol. The maximum absolute atomic E-state index is 13.4. The third-order valence-corrected chi connectivity index (χ3v) is 11.6. The summed E-state index contributed by atoms with van der Waals surface area (Å²) in [4.78, 5) is 15.9. The molecule has 0 aromatic heterocycles. The van der Waals surface area contributed by atoms with E-state index in [0.29, 0.717) is 24.0 Å². The molecule has 9 heteroatoms. The molecule has 248 valence electrons. The molecular weight excluding hydrogens is 608 g/mol. The number of nitrogens with one attached hydrogen (secondary N) is 1. The van der Waals surface area contributed by atoms with E-state index in [-0.39, 0.29) is 23.4 Å². The number of benzene rings is 2. The van der Waals surface area contributed by atoms with Crippen LogP contribution < -0.4 is 14.4 Å². The Labute approximate surface area is 277 Å². The number of carbonyl (C=O) groups excluding carboxylic acids is 1. The largest absolute Gasteiger partial charge is 0.491 e. The molecule has 2 aliphatic heterocycles. The van der Waals surface area contributed by atoms with Crippen molar-refractivity contribution in [2.45, 2.75) is 102 Å². The normalized spacial score (nSPS) is 23.3. The van der Waals surface area contributed by atoms with E-state index < -0.39 is 11.0 Å². The molecule has 45 heavy (non-hydrogen) atoms. The highest BCUT2D eigenvalue weighted by atomic mass is 35.5. The molecule has 0 bridgehead atoms. The van der Waals surface area contributed by atoms with Gasteiger partial charge in [0.25, 0.3) is 5.91 Å². The molecule has 0 radical (unpaired) electrons. The maximum atomic E-state index is 13.4. The first-order valence-electron chi connectivity index (χ1n) is 17.1. The fraction of sp³-hybridized carbons (Fsp3) is 0.639. The fourth-order valence-electron chi connectivity index (χ4n) is 6.97. The van der Waals surface area contributed by atoms with Crippen molar-refractivity contribution >= 4 is 34.2 Å². The minimum Gasteiger partial charge on any atom is -0.491 e. The topological polar surface area (TPSA) is 77.1 Å². The van der Waals surface area contributed by atoms with Gasteiger partial charge >= 0.3 is 0 Å². The van der Waals surface area contributed by atoms with Crippen LogP contribution in [-0.4, -0.2) is 54.6 Å². The number of rotatable bonds is 14. The van der Waals surface area contributed by atoms with Gasteiger partial charge in [0, 0.05) is 36.0 Å². The number of aryl methyl sites for hydroxylation is 1. The number of hydrogen-bond acceptors (Lipinski definition) is 6. The second-order valence-corrected chi connectivity index (χ2v) is 14.8. The number of unbranched alkanes of at least 4 members (excludes halogenated alkanes) is 1. The van der Waals surface area contributed by atoms with Gasteiger partial charge in [-0.3, -0.25) is 9.52 Å². The van der Waals surface area contributed by atoms with Gasteiger partial charge in [-0.2, -0.15) is 0 Å². The summed E-state index contributed by atoms with van der Waals surface area (Å²) in [5, 5.41) is 0.717. The number of nitrogens with zero attached hydrogens (tertiary/aromatic N) is 1. The molecule has 1 saturated carbocycles. The zero-order valence-electron chi connectivity index (χ0n) is 27.2. The number of ether oxygens (including phenoxy) is 3. The van der Waals surface area contributed by atoms with Gasteiger partial charge in [-0.15, -0.1) is 0 Å². The average molecular weight is 659 g/mol. The number of fused-ring (bicyclic) bond motifs is 1. The van der Waals surface area contributed by atoms with Crippen molar-refractivity contribution in [3.05, 3.63) is 58.1 Å². The third-order valence-electron chi connectivity index (χ3n) is 9.76. The Morgan fingerprint density at radius 1 is 1.07 bits per heavy atom. The lowest BCUT2D eigenvalue weighted by Gasteiger charge is -2.42. The van der Waals surface area contributed by atoms with Crippen molar-refractivity contribution in [3.63, 3.8) is 0 Å². The molecule has 1 N–H and O–H groups in total. The van der Waals surface area contributed by atoms with E-state index in [1.165, 1.54) is 17.5 Å². The van der Waals surface area contributed by atoms with Crippen molar-refractivity contribution in [3.8, 4) is 5.75 Å². The molecule has 1 saturated heterocycles. The Morgan fingerprint density at radius 3 is 2.58 bits per heavy atom. The Hall–Kier alpha value is -2.13. The first-order chi connectivity index (χ1) is 21.9. The van der Waals surface area contributed by atoms with Gasteiger partial charge < -0.3 is 19.1 Å². The van der Waals surface area contributed by atoms with E-state index in [0.717, 1.165) is 101 Å². The van der Waals surface area contributed by atoms with Gasteiger partial charge in [0.15, 0.2) is 6.29 Å². The minimum absolute atomic E-state index is 0.0420. The SMILES string of the molecule is CCCCC(CC)S(=O)NC(=O)c1ccc2c(c1)N(CC1CCC1CC1OCCCO1)CC(c1ccc(Cl)cc1CCC)CO2. The summed E-state index contributed by atoms with van der Waals surface area (Å²) >= 11 is 6.43. The van der Waals surface area contributed by atoms with Crippen LogP contribution in [0.4, 0.5) is 5.69 Å². The standard InChI is InChI=1S/C36H51ClN2O5S/c1-4-7-10-31(6-3)45(41)38-36(40)27-13-16-34-33(20-27)39(22-28-12-11-25(28)21-35-42-17-8-18-43-35)23-29(24-44-34)32-15-14-30(37)19-26(32)9-5-2/h13-16,19-20,25,28-29,31,35H,4-12,17-18,21-24H2,1-3H3,(H,38,40). The summed E-state index contributed by atoms with van der Waals surface area (Å²) in [6.45, 7) is 10.1. The summed E-state index contributed by atoms with van der Waals surface area (Å²) in [5.74, 6) is 1.66. The molecule has 3 aliphatic rings. The Bertz CT molecular complexity index is 1300. The molecule has 2 heterocycles. The van der Waals surface area contributed by atoms with Gasteiger partial charge in [0.05, 0.1) is 30.8 Å². The smallest absolute Gasteiger partial charge is 0.263 e. The van der Waals surface area contributed by atoms with Gasteiger partial charge in [0.1, 0.15) is 16.7 Å². The van der Waals surface area contributed by atoms with Crippen LogP contribution in [0.15, 0.2) is 36.4 Å². The summed E-state index contributed by atoms with van der Waals surface area (Å²) < 4.78 is 34.2. The summed E-state index contributed by atoms with van der Waals surface area (Å²) in [6.07, 6.45) is 9.77. The molecule has 0 spiro atoms. The van der Waals surface area contributed by atoms with E-state index >= 15 is 0 Å². The van der Waals surface area contributed by atoms with E-state index in [2.05, 4.69) is 35.6 Å². The maximum Gasteiger partial charge on any atom is 0.263 e. The predicted molar refractivity (Wildman–Crippen MR) is 183 cm³/mol. The summed E-state index contributed by atoms with van der Waals surface area (Å²) in [7, 11) is -1.43. The second kappa shape index (κ2) is 16.6. The van der Waals surface area contributed by atoms with Crippen molar-refractivity contribution < 1.29 is 23.2 Å². The zero-order chi connectivity index (χ0) is 31.8. The molecule has 7 nitrogen and oxygen atoms in total. The molecule has 5 atom stereocenters. The first kappa shape index (κ1) is 34.2. The van der Waals surface area contributed by atoms with Crippen LogP contribution >= 0.6 is 11.6 Å². The van der Waals surface area contributed by atoms with Crippen LogP contribution in [0.3, 0.4) is 0 Å². The van der Waals surface area contributed by atoms with Gasteiger partial charge in [-0.05, 0) is 91.8 Å². The van der Waals surface area contributed by atoms with Crippen LogP contribution in [-0.2, 0) is 26.9 Å². The molecule has 1 aliphatic carbocycles. The van der Waals surface area contributed by atoms with Crippen molar-refractivity contribution in [1.29, 1.82) is 0 Å². The number of amides is 1. The molecule has 2 aromatic carbocycles. The Morgan fingerprint density at radius 2 is 1.87 bits per heavy atom. The molecule has 1 amide bonds. The highest BCUT2D eigenvalue weighted by Crippen LogP contribution is 2.43. The van der Waals surface area contributed by atoms with Gasteiger partial charge in [-0.25, -0.2) is 4.21 Å². The van der Waals surface area contributed by atoms with E-state index in [1.807, 2.05) is 25.1 Å². The lowest BCUT2D eigenvalue weighted by molar-refractivity contribution is -0.192. The van der Waals surface area contributed by atoms with Gasteiger partial charge in [0.2, 0.25) is 0 Å². The fourth-order valence-corrected chi connectivity index (χ4v) is 8.32. The van der Waals surface area contributed by atoms with Crippen LogP contribution in [0.5, 0.6) is 5.75 Å². The van der Waals surface area contributed by atoms with Crippen LogP contribution in [0.1, 0.15) is 106 Å². The molecule has 5 unspecified atom stereocenters. The van der Waals surface area contributed by atoms with Gasteiger partial charge in [-0.1, -0.05) is 57.7 Å². The summed E-state index contributed by atoms with van der Waals surface area (Å²) in [5.41, 5.74) is 3.98. The molecular formula is C36H51ClN2O5S. The van der Waals surface area contributed by atoms with Crippen molar-refractivity contribution in [2.24, 2.45) is 11.8 Å². The third kappa shape index (κ3) is 8.82. The predicted octanol–water partition coefficient (Wildman–Crippen LogP) is 7.82. The lowest BCUT2D eigenvalue weighted by Crippen LogP contribution is -2.42. The van der Waals surface area contributed by atoms with E-state index in [1.54, 1.807) is 6.07 Å². The quantitative estimate of drug-likeness (QED) is 0.223. The van der Waals surface area contributed by atoms with E-state index in [9.17, 15) is 9.00 Å². The number of hydrogen-bond donors (Lipinski definition) is 1. The van der Waals surface area contributed by atoms with Crippen molar-refractivity contribution in [2.75, 3.05) is 37.8 Å². The lowest BCUT2D eigenvalue weighted by atomic mass is 9.71. The highest BCUT2D eigenvalue weighted by Gasteiger charge is 2.37. The molecule has 5 rings (SSSR count). The van der Waals surface area contributed by atoms with E-state index in [4.69, 9.17) is 25.8 Å². The minimum atomic E-state index is -1.43. The van der Waals surface area contributed by atoms with Crippen LogP contribution in [0.2, 0.25) is 5.02 Å². The number of halogens is 1. The zero-order valence-corrected chi connectivity index (χ0v) is 28.8.